The molecule has 0 amide bonds. The molecule has 2 aromatic heterocycles. The first-order valence-corrected chi connectivity index (χ1v) is 17.9. The van der Waals surface area contributed by atoms with E-state index in [4.69, 9.17) is 39.4 Å². The highest BCUT2D eigenvalue weighted by molar-refractivity contribution is 5.73. The molecule has 0 spiro atoms. The molecule has 0 aliphatic rings. The van der Waals surface area contributed by atoms with Gasteiger partial charge in [0, 0.05) is 33.4 Å². The van der Waals surface area contributed by atoms with E-state index in [1.165, 1.54) is 0 Å². The van der Waals surface area contributed by atoms with Crippen LogP contribution in [0.3, 0.4) is 0 Å². The summed E-state index contributed by atoms with van der Waals surface area (Å²) in [4.78, 5) is 29.1. The number of methoxy groups -OCH3 is 2. The van der Waals surface area contributed by atoms with Gasteiger partial charge in [0.1, 0.15) is 11.5 Å². The van der Waals surface area contributed by atoms with Gasteiger partial charge in [-0.1, -0.05) is 97.1 Å². The van der Waals surface area contributed by atoms with E-state index in [1.807, 2.05) is 133 Å². The van der Waals surface area contributed by atoms with Crippen molar-refractivity contribution >= 4 is 0 Å². The Hall–Kier alpha value is -7.14. The maximum atomic E-state index is 9.55. The van der Waals surface area contributed by atoms with E-state index >= 15 is 0 Å². The monoisotopic (exact) mass is 736 g/mol. The van der Waals surface area contributed by atoms with E-state index in [9.17, 15) is 10.2 Å². The number of benzene rings is 6. The molecule has 0 saturated carbocycles. The number of ether oxygens (including phenoxy) is 2. The standard InChI is InChI=1S/C46H36N6O4/c1-55-39-23-19-37(20-24-39)45-50-44(51-46(52-45)38-21-25-40(56-2)26-22-38)36-17-13-32(14-18-36)31-11-15-35(16-12-31)43-48-41(33-7-3-29(27-53)4-8-33)47-42(49-43)34-9-5-30(28-54)6-10-34/h3-26,53-54H,27-28H2,1-2H3. The number of aliphatic hydroxyl groups is 2. The zero-order chi connectivity index (χ0) is 38.4. The van der Waals surface area contributed by atoms with Crippen LogP contribution in [0, 0.1) is 0 Å². The maximum absolute atomic E-state index is 9.55. The number of hydrogen-bond donors (Lipinski definition) is 2. The van der Waals surface area contributed by atoms with Crippen LogP contribution in [0.15, 0.2) is 146 Å². The molecule has 56 heavy (non-hydrogen) atoms. The molecule has 0 saturated heterocycles. The van der Waals surface area contributed by atoms with E-state index in [0.717, 1.165) is 67.1 Å². The van der Waals surface area contributed by atoms with Gasteiger partial charge in [0.2, 0.25) is 0 Å². The third-order valence-electron chi connectivity index (χ3n) is 9.38. The third kappa shape index (κ3) is 7.74. The first kappa shape index (κ1) is 35.9. The molecule has 8 aromatic rings. The van der Waals surface area contributed by atoms with Crippen molar-refractivity contribution in [1.82, 2.24) is 29.9 Å². The van der Waals surface area contributed by atoms with Crippen molar-refractivity contribution in [3.05, 3.63) is 157 Å². The second-order valence-corrected chi connectivity index (χ2v) is 12.9. The van der Waals surface area contributed by atoms with Crippen molar-refractivity contribution in [2.24, 2.45) is 0 Å². The van der Waals surface area contributed by atoms with Crippen molar-refractivity contribution in [2.75, 3.05) is 14.2 Å². The summed E-state index contributed by atoms with van der Waals surface area (Å²) in [5, 5.41) is 19.1. The van der Waals surface area contributed by atoms with Crippen LogP contribution in [0.4, 0.5) is 0 Å². The lowest BCUT2D eigenvalue weighted by Crippen LogP contribution is -2.00. The number of aromatic nitrogens is 6. The summed E-state index contributed by atoms with van der Waals surface area (Å²) in [5.41, 5.74) is 8.62. The molecule has 0 radical (unpaired) electrons. The van der Waals surface area contributed by atoms with Crippen molar-refractivity contribution < 1.29 is 19.7 Å². The molecule has 0 aliphatic heterocycles. The highest BCUT2D eigenvalue weighted by Crippen LogP contribution is 2.31. The van der Waals surface area contributed by atoms with Crippen molar-refractivity contribution in [2.45, 2.75) is 13.2 Å². The highest BCUT2D eigenvalue weighted by atomic mass is 16.5. The number of rotatable bonds is 11. The lowest BCUT2D eigenvalue weighted by Gasteiger charge is -2.11. The Labute approximate surface area is 323 Å². The van der Waals surface area contributed by atoms with E-state index < -0.39 is 0 Å². The number of nitrogens with zero attached hydrogens (tertiary/aromatic N) is 6. The summed E-state index contributed by atoms with van der Waals surface area (Å²) in [6.45, 7) is -0.0936. The van der Waals surface area contributed by atoms with Crippen LogP contribution in [0.2, 0.25) is 0 Å². The zero-order valence-corrected chi connectivity index (χ0v) is 30.7. The quantitative estimate of drug-likeness (QED) is 0.133. The van der Waals surface area contributed by atoms with Crippen LogP contribution in [-0.2, 0) is 13.2 Å². The Morgan fingerprint density at radius 1 is 0.304 bits per heavy atom. The average molecular weight is 737 g/mol. The number of hydrogen-bond acceptors (Lipinski definition) is 10. The largest absolute Gasteiger partial charge is 0.497 e. The summed E-state index contributed by atoms with van der Waals surface area (Å²) in [6, 6.07) is 46.6. The minimum Gasteiger partial charge on any atom is -0.497 e. The molecule has 0 aliphatic carbocycles. The Kier molecular flexibility index (Phi) is 10.3. The molecule has 0 atom stereocenters. The lowest BCUT2D eigenvalue weighted by molar-refractivity contribution is 0.281. The Morgan fingerprint density at radius 2 is 0.500 bits per heavy atom. The Balaban J connectivity index is 1.11. The fourth-order valence-electron chi connectivity index (χ4n) is 6.15. The number of aliphatic hydroxyl groups excluding tert-OH is 2. The SMILES string of the molecule is COc1ccc(-c2nc(-c3ccc(OC)cc3)nc(-c3ccc(-c4ccc(-c5nc(-c6ccc(CO)cc6)nc(-c6ccc(CO)cc6)n5)cc4)cc3)n2)cc1. The minimum atomic E-state index is -0.0468. The zero-order valence-electron chi connectivity index (χ0n) is 30.7. The van der Waals surface area contributed by atoms with E-state index in [2.05, 4.69) is 12.1 Å². The minimum absolute atomic E-state index is 0.0468. The van der Waals surface area contributed by atoms with Crippen LogP contribution in [0.1, 0.15) is 11.1 Å². The Morgan fingerprint density at radius 3 is 0.714 bits per heavy atom. The summed E-state index contributed by atoms with van der Waals surface area (Å²) in [6.07, 6.45) is 0. The van der Waals surface area contributed by atoms with Gasteiger partial charge in [0.05, 0.1) is 27.4 Å². The van der Waals surface area contributed by atoms with Crippen LogP contribution in [0.25, 0.3) is 79.5 Å². The van der Waals surface area contributed by atoms with Crippen LogP contribution >= 0.6 is 0 Å². The van der Waals surface area contributed by atoms with E-state index in [0.29, 0.717) is 34.9 Å². The molecule has 10 heteroatoms. The summed E-state index contributed by atoms with van der Waals surface area (Å²) in [5.74, 6) is 4.72. The summed E-state index contributed by atoms with van der Waals surface area (Å²) >= 11 is 0. The topological polar surface area (TPSA) is 136 Å². The van der Waals surface area contributed by atoms with E-state index in [1.54, 1.807) is 14.2 Å². The van der Waals surface area contributed by atoms with E-state index in [-0.39, 0.29) is 13.2 Å². The van der Waals surface area contributed by atoms with Crippen LogP contribution in [-0.4, -0.2) is 54.3 Å². The van der Waals surface area contributed by atoms with Gasteiger partial charge >= 0.3 is 0 Å². The summed E-state index contributed by atoms with van der Waals surface area (Å²) < 4.78 is 10.7. The van der Waals surface area contributed by atoms with Gasteiger partial charge in [-0.3, -0.25) is 0 Å². The first-order valence-electron chi connectivity index (χ1n) is 17.9. The molecular weight excluding hydrogens is 701 g/mol. The molecule has 274 valence electrons. The molecule has 0 bridgehead atoms. The van der Waals surface area contributed by atoms with Crippen molar-refractivity contribution in [3.8, 4) is 91.0 Å². The fraction of sp³-hybridized carbons (Fsp3) is 0.0870. The molecule has 0 fully saturated rings. The summed E-state index contributed by atoms with van der Waals surface area (Å²) in [7, 11) is 3.28. The first-order chi connectivity index (χ1) is 27.5. The molecule has 10 nitrogen and oxygen atoms in total. The van der Waals surface area contributed by atoms with Crippen LogP contribution < -0.4 is 9.47 Å². The lowest BCUT2D eigenvalue weighted by atomic mass is 10.0. The maximum Gasteiger partial charge on any atom is 0.164 e. The van der Waals surface area contributed by atoms with Gasteiger partial charge < -0.3 is 19.7 Å². The molecule has 0 unspecified atom stereocenters. The third-order valence-corrected chi connectivity index (χ3v) is 9.38. The second kappa shape index (κ2) is 16.1. The Bertz CT molecular complexity index is 2260. The van der Waals surface area contributed by atoms with Gasteiger partial charge in [0.15, 0.2) is 34.9 Å². The molecule has 2 N–H and O–H groups in total. The van der Waals surface area contributed by atoms with Crippen LogP contribution in [0.5, 0.6) is 11.5 Å². The normalized spacial score (nSPS) is 11.0. The van der Waals surface area contributed by atoms with Gasteiger partial charge in [-0.2, -0.15) is 0 Å². The fourth-order valence-corrected chi connectivity index (χ4v) is 6.15. The highest BCUT2D eigenvalue weighted by Gasteiger charge is 2.15. The molecular formula is C46H36N6O4. The van der Waals surface area contributed by atoms with Gasteiger partial charge in [0.25, 0.3) is 0 Å². The smallest absolute Gasteiger partial charge is 0.164 e. The molecule has 6 aromatic carbocycles. The predicted octanol–water partition coefficient (Wildman–Crippen LogP) is 8.73. The van der Waals surface area contributed by atoms with Gasteiger partial charge in [-0.05, 0) is 70.8 Å². The van der Waals surface area contributed by atoms with Gasteiger partial charge in [-0.25, -0.2) is 29.9 Å². The molecule has 8 rings (SSSR count). The second-order valence-electron chi connectivity index (χ2n) is 12.9. The predicted molar refractivity (Wildman–Crippen MR) is 216 cm³/mol. The van der Waals surface area contributed by atoms with Crippen molar-refractivity contribution in [3.63, 3.8) is 0 Å². The average Bonchev–Trinajstić information content (AvgIpc) is 3.29. The molecule has 2 heterocycles. The van der Waals surface area contributed by atoms with Gasteiger partial charge in [-0.15, -0.1) is 0 Å². The van der Waals surface area contributed by atoms with Crippen molar-refractivity contribution in [1.29, 1.82) is 0 Å².